The minimum atomic E-state index is -1.40. The summed E-state index contributed by atoms with van der Waals surface area (Å²) in [4.78, 5) is 26.1. The fourth-order valence-corrected chi connectivity index (χ4v) is 6.29. The van der Waals surface area contributed by atoms with Crippen LogP contribution < -0.4 is 36.0 Å². The second kappa shape index (κ2) is 13.6. The summed E-state index contributed by atoms with van der Waals surface area (Å²) in [5.41, 5.74) is 8.81. The van der Waals surface area contributed by atoms with Crippen molar-refractivity contribution in [1.82, 2.24) is 19.9 Å². The van der Waals surface area contributed by atoms with Gasteiger partial charge in [0.05, 0.1) is 26.5 Å². The van der Waals surface area contributed by atoms with Gasteiger partial charge in [-0.1, -0.05) is 30.5 Å². The first-order valence-electron chi connectivity index (χ1n) is 12.6. The number of nitrogens with two attached hydrogens (primary N) is 1. The molecule has 1 aromatic heterocycles. The van der Waals surface area contributed by atoms with E-state index in [0.29, 0.717) is 35.7 Å². The zero-order valence-corrected chi connectivity index (χ0v) is 25.5. The van der Waals surface area contributed by atoms with Crippen LogP contribution in [0.25, 0.3) is 0 Å². The van der Waals surface area contributed by atoms with Gasteiger partial charge in [0, 0.05) is 10.9 Å². The summed E-state index contributed by atoms with van der Waals surface area (Å²) >= 11 is 7.39. The maximum Gasteiger partial charge on any atom is 0.325 e. The molecule has 13 nitrogen and oxygen atoms in total. The number of ether oxygens (including phenoxy) is 3. The summed E-state index contributed by atoms with van der Waals surface area (Å²) in [5, 5.41) is 7.22. The van der Waals surface area contributed by atoms with Crippen LogP contribution in [0.4, 0.5) is 23.3 Å². The molecule has 0 saturated carbocycles. The van der Waals surface area contributed by atoms with Gasteiger partial charge >= 0.3 is 5.97 Å². The molecule has 0 bridgehead atoms. The summed E-state index contributed by atoms with van der Waals surface area (Å²) in [7, 11) is -0.0401. The molecule has 0 aliphatic carbocycles. The van der Waals surface area contributed by atoms with Gasteiger partial charge in [0.2, 0.25) is 5.95 Å². The van der Waals surface area contributed by atoms with Gasteiger partial charge < -0.3 is 34.7 Å². The molecule has 2 aromatic rings. The number of esters is 1. The normalized spacial score (nSPS) is 21.1. The Labute approximate surface area is 244 Å². The van der Waals surface area contributed by atoms with Gasteiger partial charge in [0.25, 0.3) is 0 Å². The maximum absolute atomic E-state index is 12.3. The van der Waals surface area contributed by atoms with Crippen molar-refractivity contribution in [2.45, 2.75) is 45.1 Å². The summed E-state index contributed by atoms with van der Waals surface area (Å²) in [6.07, 6.45) is 2.46. The number of fused-ring (bicyclic) bond motifs is 1. The third-order valence-electron chi connectivity index (χ3n) is 6.32. The first kappa shape index (κ1) is 30.6. The Hall–Kier alpha value is -2.32. The van der Waals surface area contributed by atoms with E-state index in [1.54, 1.807) is 38.1 Å². The first-order valence-corrected chi connectivity index (χ1v) is 15.7. The van der Waals surface area contributed by atoms with Crippen LogP contribution in [0.15, 0.2) is 24.3 Å². The van der Waals surface area contributed by atoms with Crippen LogP contribution in [0.5, 0.6) is 5.75 Å². The average Bonchev–Trinajstić information content (AvgIpc) is 3.51. The van der Waals surface area contributed by atoms with Crippen LogP contribution >= 0.6 is 31.8 Å². The van der Waals surface area contributed by atoms with E-state index in [2.05, 4.69) is 37.6 Å². The Morgan fingerprint density at radius 2 is 2.10 bits per heavy atom. The lowest BCUT2D eigenvalue weighted by molar-refractivity contribution is -0.146. The van der Waals surface area contributed by atoms with Crippen molar-refractivity contribution < 1.29 is 23.5 Å². The first-order chi connectivity index (χ1) is 19.1. The summed E-state index contributed by atoms with van der Waals surface area (Å²) in [6.45, 7) is 6.43. The molecule has 16 heteroatoms. The maximum atomic E-state index is 12.3. The Morgan fingerprint density at radius 1 is 1.35 bits per heavy atom. The number of hydrogen-bond donors (Lipinski definition) is 5. The fraction of sp³-hybridized carbons (Fsp3) is 0.542. The van der Waals surface area contributed by atoms with E-state index in [1.165, 1.54) is 19.1 Å². The Bertz CT molecular complexity index is 1170. The quantitative estimate of drug-likeness (QED) is 0.0961. The number of carbonyl (C=O) groups is 1. The van der Waals surface area contributed by atoms with E-state index in [4.69, 9.17) is 36.1 Å². The zero-order chi connectivity index (χ0) is 28.9. The van der Waals surface area contributed by atoms with Crippen LogP contribution in [0, 0.1) is 5.92 Å². The molecule has 6 N–H and O–H groups in total. The van der Waals surface area contributed by atoms with Crippen molar-refractivity contribution in [2.75, 3.05) is 54.4 Å². The van der Waals surface area contributed by atoms with Crippen molar-refractivity contribution in [3.63, 3.8) is 0 Å². The van der Waals surface area contributed by atoms with Gasteiger partial charge in [-0.15, -0.1) is 0 Å². The molecule has 4 atom stereocenters. The molecule has 0 spiro atoms. The molecule has 3 heterocycles. The lowest BCUT2D eigenvalue weighted by Crippen LogP contribution is -2.45. The van der Waals surface area contributed by atoms with Crippen LogP contribution in [0.2, 0.25) is 5.02 Å². The summed E-state index contributed by atoms with van der Waals surface area (Å²) in [5.74, 6) is 1.84. The highest BCUT2D eigenvalue weighted by Crippen LogP contribution is 2.42. The molecule has 1 aromatic carbocycles. The lowest BCUT2D eigenvalue weighted by Gasteiger charge is -2.30. The standard InChI is InChI=1S/C24H36ClN8O5PS/c1-14-10-17(38-21(14)33-12-27-18-19(30-32-40-5)28-23(26)29-20(18)33)11-37-39(31-24(2,3)22(34)35-4)13-36-16-8-6-15(25)7-9-16/h6-9,14,17,21,27,31-32H,10-13H2,1-5H3,(H3,26,28,29,30)/t14?,17?,21-,39?/m1/s1. The number of anilines is 4. The van der Waals surface area contributed by atoms with Crippen molar-refractivity contribution in [1.29, 1.82) is 0 Å². The molecule has 1 fully saturated rings. The number of halogens is 1. The third-order valence-corrected chi connectivity index (χ3v) is 8.51. The fourth-order valence-electron chi connectivity index (χ4n) is 4.43. The van der Waals surface area contributed by atoms with Crippen LogP contribution in [0.1, 0.15) is 27.2 Å². The molecule has 220 valence electrons. The molecule has 3 unspecified atom stereocenters. The van der Waals surface area contributed by atoms with E-state index in [9.17, 15) is 4.79 Å². The lowest BCUT2D eigenvalue weighted by atomic mass is 10.1. The number of aromatic nitrogens is 2. The number of benzene rings is 1. The van der Waals surface area contributed by atoms with Crippen molar-refractivity contribution >= 4 is 61.1 Å². The SMILES string of the molecule is COC(=O)C(C)(C)NP(COc1ccc(Cl)cc1)OCC1CC(C)[C@H](N2CNc3c(NNSC)nc(N)nc32)O1. The molecular formula is C24H36ClN8O5PS. The highest BCUT2D eigenvalue weighted by Gasteiger charge is 2.41. The number of hydrogen-bond acceptors (Lipinski definition) is 14. The van der Waals surface area contributed by atoms with E-state index in [-0.39, 0.29) is 30.5 Å². The minimum Gasteiger partial charge on any atom is -0.485 e. The number of nitrogens with zero attached hydrogens (tertiary/aromatic N) is 3. The van der Waals surface area contributed by atoms with Gasteiger partial charge in [-0.3, -0.25) is 15.3 Å². The smallest absolute Gasteiger partial charge is 0.325 e. The Kier molecular flexibility index (Phi) is 10.4. The Morgan fingerprint density at radius 3 is 2.80 bits per heavy atom. The van der Waals surface area contributed by atoms with E-state index < -0.39 is 19.8 Å². The molecular weight excluding hydrogens is 579 g/mol. The topological polar surface area (TPSA) is 157 Å². The largest absolute Gasteiger partial charge is 0.485 e. The number of methoxy groups -OCH3 is 1. The second-order valence-electron chi connectivity index (χ2n) is 9.86. The predicted octanol–water partition coefficient (Wildman–Crippen LogP) is 3.75. The van der Waals surface area contributed by atoms with Gasteiger partial charge in [-0.25, -0.2) is 0 Å². The van der Waals surface area contributed by atoms with Gasteiger partial charge in [0.1, 0.15) is 37.9 Å². The molecule has 0 radical (unpaired) electrons. The van der Waals surface area contributed by atoms with E-state index in [0.717, 1.165) is 12.1 Å². The highest BCUT2D eigenvalue weighted by atomic mass is 35.5. The average molecular weight is 615 g/mol. The number of nitrogens with one attached hydrogen (secondary N) is 4. The van der Waals surface area contributed by atoms with Crippen molar-refractivity contribution in [2.24, 2.45) is 5.92 Å². The van der Waals surface area contributed by atoms with E-state index in [1.807, 2.05) is 11.2 Å². The van der Waals surface area contributed by atoms with Crippen LogP contribution in [0.3, 0.4) is 0 Å². The molecule has 2 aliphatic rings. The molecule has 40 heavy (non-hydrogen) atoms. The molecule has 4 rings (SSSR count). The number of carbonyl (C=O) groups excluding carboxylic acids is 1. The summed E-state index contributed by atoms with van der Waals surface area (Å²) < 4.78 is 23.6. The van der Waals surface area contributed by atoms with Gasteiger partial charge in [0.15, 0.2) is 11.6 Å². The highest BCUT2D eigenvalue weighted by molar-refractivity contribution is 7.96. The Balaban J connectivity index is 1.40. The van der Waals surface area contributed by atoms with E-state index >= 15 is 0 Å². The number of rotatable bonds is 13. The zero-order valence-electron chi connectivity index (χ0n) is 23.1. The van der Waals surface area contributed by atoms with Crippen molar-refractivity contribution in [3.05, 3.63) is 29.3 Å². The van der Waals surface area contributed by atoms with Crippen LogP contribution in [-0.4, -0.2) is 66.8 Å². The third kappa shape index (κ3) is 7.49. The predicted molar refractivity (Wildman–Crippen MR) is 159 cm³/mol. The molecule has 0 amide bonds. The number of nitrogen functional groups attached to an aromatic ring is 1. The molecule has 1 saturated heterocycles. The van der Waals surface area contributed by atoms with Gasteiger partial charge in [-0.05, 0) is 50.8 Å². The van der Waals surface area contributed by atoms with Crippen molar-refractivity contribution in [3.8, 4) is 5.75 Å². The van der Waals surface area contributed by atoms with Gasteiger partial charge in [-0.2, -0.15) is 14.8 Å². The monoisotopic (exact) mass is 614 g/mol. The molecule has 2 aliphatic heterocycles. The summed E-state index contributed by atoms with van der Waals surface area (Å²) in [6, 6.07) is 7.07. The second-order valence-corrected chi connectivity index (χ2v) is 12.4. The minimum absolute atomic E-state index is 0.161. The van der Waals surface area contributed by atoms with Crippen LogP contribution in [-0.2, 0) is 18.8 Å². The number of hydrazine groups is 1.